The van der Waals surface area contributed by atoms with Crippen LogP contribution in [0.5, 0.6) is 0 Å². The van der Waals surface area contributed by atoms with Crippen LogP contribution in [0.3, 0.4) is 0 Å². The number of benzene rings is 1. The monoisotopic (exact) mass is 358 g/mol. The van der Waals surface area contributed by atoms with Crippen LogP contribution in [0.1, 0.15) is 31.7 Å². The molecule has 116 valence electrons. The van der Waals surface area contributed by atoms with Crippen LogP contribution in [0, 0.1) is 17.6 Å². The molecule has 2 unspecified atom stereocenters. The Morgan fingerprint density at radius 2 is 2.05 bits per heavy atom. The first kappa shape index (κ1) is 15.4. The van der Waals surface area contributed by atoms with E-state index in [9.17, 15) is 8.78 Å². The van der Waals surface area contributed by atoms with Crippen LogP contribution >= 0.6 is 15.9 Å². The lowest BCUT2D eigenvalue weighted by atomic mass is 10.1. The summed E-state index contributed by atoms with van der Waals surface area (Å²) in [6.45, 7) is 4.34. The van der Waals surface area contributed by atoms with Crippen molar-refractivity contribution in [1.29, 1.82) is 0 Å². The van der Waals surface area contributed by atoms with Crippen molar-refractivity contribution in [3.05, 3.63) is 33.8 Å². The van der Waals surface area contributed by atoms with E-state index in [2.05, 4.69) is 33.1 Å². The molecule has 1 saturated heterocycles. The van der Waals surface area contributed by atoms with Gasteiger partial charge in [-0.15, -0.1) is 0 Å². The van der Waals surface area contributed by atoms with Gasteiger partial charge in [-0.3, -0.25) is 4.90 Å². The minimum absolute atomic E-state index is 0.174. The summed E-state index contributed by atoms with van der Waals surface area (Å²) in [4.78, 5) is 2.22. The molecule has 2 fully saturated rings. The first-order valence-corrected chi connectivity index (χ1v) is 8.45. The van der Waals surface area contributed by atoms with Crippen LogP contribution in [0.15, 0.2) is 16.6 Å². The van der Waals surface area contributed by atoms with Crippen molar-refractivity contribution in [2.75, 3.05) is 13.1 Å². The lowest BCUT2D eigenvalue weighted by Gasteiger charge is -2.29. The highest BCUT2D eigenvalue weighted by molar-refractivity contribution is 9.10. The van der Waals surface area contributed by atoms with E-state index in [-0.39, 0.29) is 5.56 Å². The highest BCUT2D eigenvalue weighted by Crippen LogP contribution is 2.34. The molecule has 2 atom stereocenters. The van der Waals surface area contributed by atoms with Gasteiger partial charge in [0.25, 0.3) is 0 Å². The Balaban J connectivity index is 1.79. The van der Waals surface area contributed by atoms with Crippen molar-refractivity contribution in [3.8, 4) is 0 Å². The first-order chi connectivity index (χ1) is 10.1. The van der Waals surface area contributed by atoms with Gasteiger partial charge >= 0.3 is 0 Å². The van der Waals surface area contributed by atoms with Crippen molar-refractivity contribution in [1.82, 2.24) is 10.2 Å². The molecule has 1 aromatic carbocycles. The minimum atomic E-state index is -0.470. The standard InChI is InChI=1S/C16H21BrF2N2/c1-10-6-7-20-15(11-2-3-11)9-21(10)8-12-14(18)5-4-13(17)16(12)19/h4-5,10-11,15,20H,2-3,6-9H2,1H3. The summed E-state index contributed by atoms with van der Waals surface area (Å²) in [6.07, 6.45) is 3.57. The van der Waals surface area contributed by atoms with E-state index in [0.717, 1.165) is 25.4 Å². The summed E-state index contributed by atoms with van der Waals surface area (Å²) in [6, 6.07) is 3.56. The van der Waals surface area contributed by atoms with Crippen molar-refractivity contribution >= 4 is 15.9 Å². The van der Waals surface area contributed by atoms with E-state index in [1.165, 1.54) is 25.0 Å². The number of hydrogen-bond donors (Lipinski definition) is 1. The second-order valence-corrected chi connectivity index (χ2v) is 7.14. The molecule has 0 amide bonds. The van der Waals surface area contributed by atoms with Crippen LogP contribution in [0.4, 0.5) is 8.78 Å². The third kappa shape index (κ3) is 3.46. The van der Waals surface area contributed by atoms with Gasteiger partial charge < -0.3 is 5.32 Å². The van der Waals surface area contributed by atoms with Gasteiger partial charge in [0.1, 0.15) is 11.6 Å². The molecule has 3 rings (SSSR count). The Labute approximate surface area is 133 Å². The lowest BCUT2D eigenvalue weighted by molar-refractivity contribution is 0.186. The summed E-state index contributed by atoms with van der Waals surface area (Å²) in [7, 11) is 0. The second kappa shape index (κ2) is 6.31. The molecule has 1 aliphatic carbocycles. The molecule has 1 aliphatic heterocycles. The number of nitrogens with zero attached hydrogens (tertiary/aromatic N) is 1. The van der Waals surface area contributed by atoms with Gasteiger partial charge in [0.2, 0.25) is 0 Å². The normalized spacial score (nSPS) is 27.6. The van der Waals surface area contributed by atoms with Crippen LogP contribution in [0.2, 0.25) is 0 Å². The first-order valence-electron chi connectivity index (χ1n) is 7.66. The molecule has 21 heavy (non-hydrogen) atoms. The molecule has 0 spiro atoms. The average molecular weight is 359 g/mol. The maximum Gasteiger partial charge on any atom is 0.144 e. The van der Waals surface area contributed by atoms with Gasteiger partial charge in [0, 0.05) is 30.7 Å². The quantitative estimate of drug-likeness (QED) is 0.829. The summed E-state index contributed by atoms with van der Waals surface area (Å²) in [5, 5.41) is 3.59. The Morgan fingerprint density at radius 1 is 1.29 bits per heavy atom. The zero-order valence-electron chi connectivity index (χ0n) is 12.2. The zero-order valence-corrected chi connectivity index (χ0v) is 13.8. The van der Waals surface area contributed by atoms with Gasteiger partial charge in [-0.1, -0.05) is 0 Å². The molecular weight excluding hydrogens is 338 g/mol. The van der Waals surface area contributed by atoms with E-state index in [0.29, 0.717) is 23.1 Å². The third-order valence-electron chi connectivity index (χ3n) is 4.71. The van der Waals surface area contributed by atoms with E-state index >= 15 is 0 Å². The van der Waals surface area contributed by atoms with Gasteiger partial charge in [0.15, 0.2) is 0 Å². The largest absolute Gasteiger partial charge is 0.312 e. The second-order valence-electron chi connectivity index (χ2n) is 6.29. The number of halogens is 3. The van der Waals surface area contributed by atoms with Gasteiger partial charge in [-0.2, -0.15) is 0 Å². The summed E-state index contributed by atoms with van der Waals surface area (Å²) < 4.78 is 28.5. The molecule has 0 radical (unpaired) electrons. The smallest absolute Gasteiger partial charge is 0.144 e. The molecule has 1 heterocycles. The Kier molecular flexibility index (Phi) is 4.62. The average Bonchev–Trinajstić information content (AvgIpc) is 3.28. The fourth-order valence-electron chi connectivity index (χ4n) is 3.11. The molecule has 1 saturated carbocycles. The van der Waals surface area contributed by atoms with E-state index in [1.54, 1.807) is 0 Å². The Morgan fingerprint density at radius 3 is 2.76 bits per heavy atom. The van der Waals surface area contributed by atoms with Crippen LogP contribution in [0.25, 0.3) is 0 Å². The van der Waals surface area contributed by atoms with E-state index in [1.807, 2.05) is 0 Å². The number of rotatable bonds is 3. The van der Waals surface area contributed by atoms with Crippen LogP contribution < -0.4 is 5.32 Å². The molecule has 1 N–H and O–H groups in total. The van der Waals surface area contributed by atoms with E-state index in [4.69, 9.17) is 0 Å². The molecule has 2 nitrogen and oxygen atoms in total. The Bertz CT molecular complexity index is 519. The summed E-state index contributed by atoms with van der Waals surface area (Å²) >= 11 is 3.15. The van der Waals surface area contributed by atoms with Crippen molar-refractivity contribution < 1.29 is 8.78 Å². The molecule has 5 heteroatoms. The molecule has 0 aromatic heterocycles. The topological polar surface area (TPSA) is 15.3 Å². The highest BCUT2D eigenvalue weighted by atomic mass is 79.9. The molecule has 2 aliphatic rings. The maximum absolute atomic E-state index is 14.2. The fraction of sp³-hybridized carbons (Fsp3) is 0.625. The maximum atomic E-state index is 14.2. The van der Waals surface area contributed by atoms with Crippen molar-refractivity contribution in [3.63, 3.8) is 0 Å². The van der Waals surface area contributed by atoms with Gasteiger partial charge in [-0.05, 0) is 66.7 Å². The van der Waals surface area contributed by atoms with E-state index < -0.39 is 11.6 Å². The van der Waals surface area contributed by atoms with Crippen LogP contribution in [-0.4, -0.2) is 30.1 Å². The molecular formula is C16H21BrF2N2. The fourth-order valence-corrected chi connectivity index (χ4v) is 3.48. The van der Waals surface area contributed by atoms with Gasteiger partial charge in [-0.25, -0.2) is 8.78 Å². The third-order valence-corrected chi connectivity index (χ3v) is 5.33. The molecule has 1 aromatic rings. The SMILES string of the molecule is CC1CCNC(C2CC2)CN1Cc1c(F)ccc(Br)c1F. The number of nitrogens with one attached hydrogen (secondary N) is 1. The minimum Gasteiger partial charge on any atom is -0.312 e. The summed E-state index contributed by atoms with van der Waals surface area (Å²) in [5.74, 6) is -0.180. The van der Waals surface area contributed by atoms with Crippen molar-refractivity contribution in [2.45, 2.75) is 44.8 Å². The predicted octanol–water partition coefficient (Wildman–Crippen LogP) is 3.69. The molecule has 0 bridgehead atoms. The highest BCUT2D eigenvalue weighted by Gasteiger charge is 2.35. The Hall–Kier alpha value is -0.520. The van der Waals surface area contributed by atoms with Crippen LogP contribution in [-0.2, 0) is 6.54 Å². The van der Waals surface area contributed by atoms with Crippen molar-refractivity contribution in [2.24, 2.45) is 5.92 Å². The zero-order chi connectivity index (χ0) is 15.0. The predicted molar refractivity (Wildman–Crippen MR) is 83.1 cm³/mol. The lowest BCUT2D eigenvalue weighted by Crippen LogP contribution is -2.41. The summed E-state index contributed by atoms with van der Waals surface area (Å²) in [5.41, 5.74) is 0.174. The van der Waals surface area contributed by atoms with Gasteiger partial charge in [0.05, 0.1) is 4.47 Å². The number of hydrogen-bond acceptors (Lipinski definition) is 2.